The minimum Gasteiger partial charge on any atom is -0.465 e. The van der Waals surface area contributed by atoms with Crippen LogP contribution in [0.1, 0.15) is 43.0 Å². The number of thiocarbonyl (C=S) groups is 1. The molecule has 11 heteroatoms. The molecule has 0 saturated carbocycles. The van der Waals surface area contributed by atoms with Crippen LogP contribution in [0.5, 0.6) is 0 Å². The van der Waals surface area contributed by atoms with Crippen LogP contribution < -0.4 is 10.0 Å². The molecule has 0 aliphatic rings. The fourth-order valence-corrected chi connectivity index (χ4v) is 4.11. The second-order valence-electron chi connectivity index (χ2n) is 10.3. The predicted octanol–water partition coefficient (Wildman–Crippen LogP) is 4.33. The molecule has 1 atom stereocenters. The molecule has 0 saturated heterocycles. The van der Waals surface area contributed by atoms with Crippen LogP contribution in [0.4, 0.5) is 10.1 Å². The van der Waals surface area contributed by atoms with Gasteiger partial charge in [0.15, 0.2) is 5.11 Å². The second kappa shape index (κ2) is 12.7. The Morgan fingerprint density at radius 2 is 1.84 bits per heavy atom. The number of carbonyl (C=O) groups is 1. The summed E-state index contributed by atoms with van der Waals surface area (Å²) in [5, 5.41) is 14.3. The smallest absolute Gasteiger partial charge is 0.311 e. The number of benzene rings is 2. The first-order valence-corrected chi connectivity index (χ1v) is 14.1. The molecule has 1 unspecified atom stereocenters. The fourth-order valence-electron chi connectivity index (χ4n) is 3.41. The van der Waals surface area contributed by atoms with Gasteiger partial charge in [0.2, 0.25) is 10.0 Å². The van der Waals surface area contributed by atoms with E-state index in [1.54, 1.807) is 20.8 Å². The van der Waals surface area contributed by atoms with E-state index in [4.69, 9.17) is 17.0 Å². The number of carbonyl (C=O) groups excluding carboxylic acids is 1. The van der Waals surface area contributed by atoms with Gasteiger partial charge in [0, 0.05) is 18.0 Å². The van der Waals surface area contributed by atoms with Gasteiger partial charge in [-0.1, -0.05) is 24.3 Å². The minimum atomic E-state index is -3.53. The van der Waals surface area contributed by atoms with Gasteiger partial charge < -0.3 is 10.1 Å². The van der Waals surface area contributed by atoms with E-state index in [1.807, 2.05) is 26.0 Å². The summed E-state index contributed by atoms with van der Waals surface area (Å²) in [5.74, 6) is -1.24. The van der Waals surface area contributed by atoms with Crippen molar-refractivity contribution in [2.75, 3.05) is 24.1 Å². The molecule has 8 nitrogen and oxygen atoms in total. The lowest BCUT2D eigenvalue weighted by atomic mass is 9.96. The van der Waals surface area contributed by atoms with Crippen molar-refractivity contribution in [3.8, 4) is 0 Å². The highest BCUT2D eigenvalue weighted by atomic mass is 32.2. The van der Waals surface area contributed by atoms with Gasteiger partial charge in [0.1, 0.15) is 5.82 Å². The van der Waals surface area contributed by atoms with Crippen molar-refractivity contribution in [1.29, 1.82) is 0 Å². The lowest BCUT2D eigenvalue weighted by Crippen LogP contribution is -2.41. The highest BCUT2D eigenvalue weighted by molar-refractivity contribution is 7.92. The number of halogens is 1. The van der Waals surface area contributed by atoms with Gasteiger partial charge in [-0.25, -0.2) is 17.9 Å². The van der Waals surface area contributed by atoms with Crippen LogP contribution in [0.15, 0.2) is 36.4 Å². The van der Waals surface area contributed by atoms with E-state index < -0.39 is 21.3 Å². The number of aryl methyl sites for hydroxylation is 2. The van der Waals surface area contributed by atoms with Crippen LogP contribution in [0.2, 0.25) is 0 Å². The number of nitrogens with zero attached hydrogens (tertiary/aromatic N) is 1. The van der Waals surface area contributed by atoms with Crippen molar-refractivity contribution in [2.45, 2.75) is 47.6 Å². The highest BCUT2D eigenvalue weighted by Gasteiger charge is 2.25. The van der Waals surface area contributed by atoms with Crippen LogP contribution in [-0.4, -0.2) is 49.2 Å². The summed E-state index contributed by atoms with van der Waals surface area (Å²) in [6.07, 6.45) is 1.52. The summed E-state index contributed by atoms with van der Waals surface area (Å²) in [7, 11) is -3.53. The molecule has 204 valence electrons. The molecular formula is C26H36FN3O5S2. The quantitative estimate of drug-likeness (QED) is 0.227. The molecule has 0 bridgehead atoms. The maximum Gasteiger partial charge on any atom is 0.311 e. The van der Waals surface area contributed by atoms with Crippen LogP contribution in [0, 0.1) is 31.0 Å². The van der Waals surface area contributed by atoms with E-state index in [2.05, 4.69) is 16.1 Å². The molecule has 0 radical (unpaired) electrons. The van der Waals surface area contributed by atoms with Crippen LogP contribution in [0.3, 0.4) is 0 Å². The second-order valence-corrected chi connectivity index (χ2v) is 12.4. The number of hydrogen-bond donors (Lipinski definition) is 3. The summed E-state index contributed by atoms with van der Waals surface area (Å²) in [6.45, 7) is 9.51. The Morgan fingerprint density at radius 1 is 1.16 bits per heavy atom. The summed E-state index contributed by atoms with van der Waals surface area (Å²) in [4.78, 5) is 12.3. The Balaban J connectivity index is 2.05. The largest absolute Gasteiger partial charge is 0.465 e. The Morgan fingerprint density at radius 3 is 2.41 bits per heavy atom. The van der Waals surface area contributed by atoms with Crippen LogP contribution >= 0.6 is 12.2 Å². The molecule has 0 aliphatic heterocycles. The zero-order valence-electron chi connectivity index (χ0n) is 22.1. The third-order valence-electron chi connectivity index (χ3n) is 5.61. The van der Waals surface area contributed by atoms with Crippen molar-refractivity contribution in [3.63, 3.8) is 0 Å². The number of anilines is 1. The summed E-state index contributed by atoms with van der Waals surface area (Å²) in [6, 6.07) is 10.0. The first-order valence-electron chi connectivity index (χ1n) is 11.8. The highest BCUT2D eigenvalue weighted by Crippen LogP contribution is 2.19. The topological polar surface area (TPSA) is 108 Å². The van der Waals surface area contributed by atoms with E-state index in [-0.39, 0.29) is 47.9 Å². The van der Waals surface area contributed by atoms with Gasteiger partial charge >= 0.3 is 5.97 Å². The van der Waals surface area contributed by atoms with E-state index >= 15 is 0 Å². The number of nitrogens with one attached hydrogen (secondary N) is 2. The van der Waals surface area contributed by atoms with E-state index in [0.29, 0.717) is 6.42 Å². The standard InChI is InChI=1S/C26H36FN3O5S2/c1-17-7-8-19(11-18(17)2)12-20(16-35-24(31)26(3,4)5)15-30(32)25(36)28-14-21-9-10-22(13-23(21)27)29-37(6,33)34/h7-11,13,20,29,32H,12,14-16H2,1-6H3,(H,28,36). The third kappa shape index (κ3) is 10.3. The molecule has 3 N–H and O–H groups in total. The maximum absolute atomic E-state index is 14.4. The minimum absolute atomic E-state index is 0.0232. The third-order valence-corrected chi connectivity index (χ3v) is 6.57. The van der Waals surface area contributed by atoms with Gasteiger partial charge in [-0.2, -0.15) is 0 Å². The number of ether oxygens (including phenoxy) is 1. The fraction of sp³-hybridized carbons (Fsp3) is 0.462. The monoisotopic (exact) mass is 553 g/mol. The SMILES string of the molecule is Cc1ccc(CC(COC(=O)C(C)(C)C)CN(O)C(=S)NCc2ccc(NS(C)(=O)=O)cc2F)cc1C. The Kier molecular flexibility index (Phi) is 10.4. The summed E-state index contributed by atoms with van der Waals surface area (Å²) in [5.41, 5.74) is 3.03. The van der Waals surface area contributed by atoms with E-state index in [0.717, 1.165) is 28.5 Å². The molecule has 0 aliphatic carbocycles. The maximum atomic E-state index is 14.4. The molecule has 0 amide bonds. The average molecular weight is 554 g/mol. The Labute approximate surface area is 224 Å². The molecule has 0 fully saturated rings. The number of sulfonamides is 1. The number of hydroxylamine groups is 2. The lowest BCUT2D eigenvalue weighted by Gasteiger charge is -2.26. The molecule has 2 rings (SSSR count). The van der Waals surface area contributed by atoms with Crippen molar-refractivity contribution >= 4 is 39.0 Å². The van der Waals surface area contributed by atoms with Gasteiger partial charge in [-0.05, 0) is 82.1 Å². The van der Waals surface area contributed by atoms with Gasteiger partial charge in [-0.15, -0.1) is 0 Å². The summed E-state index contributed by atoms with van der Waals surface area (Å²) < 4.78 is 44.8. The van der Waals surface area contributed by atoms with Gasteiger partial charge in [-0.3, -0.25) is 14.7 Å². The number of rotatable bonds is 10. The lowest BCUT2D eigenvalue weighted by molar-refractivity contribution is -0.155. The Hall–Kier alpha value is -2.76. The zero-order chi connectivity index (χ0) is 28.0. The molecule has 0 spiro atoms. The predicted molar refractivity (Wildman–Crippen MR) is 146 cm³/mol. The van der Waals surface area contributed by atoms with Crippen LogP contribution in [-0.2, 0) is 32.5 Å². The summed E-state index contributed by atoms with van der Waals surface area (Å²) >= 11 is 5.28. The first-order chi connectivity index (χ1) is 17.0. The van der Waals surface area contributed by atoms with Crippen molar-refractivity contribution in [3.05, 3.63) is 64.5 Å². The first kappa shape index (κ1) is 30.5. The Bertz CT molecular complexity index is 1230. The van der Waals surface area contributed by atoms with Crippen molar-refractivity contribution in [1.82, 2.24) is 10.4 Å². The van der Waals surface area contributed by atoms with Gasteiger partial charge in [0.25, 0.3) is 0 Å². The molecule has 37 heavy (non-hydrogen) atoms. The molecule has 2 aromatic rings. The molecule has 0 heterocycles. The van der Waals surface area contributed by atoms with Gasteiger partial charge in [0.05, 0.1) is 30.5 Å². The zero-order valence-corrected chi connectivity index (χ0v) is 23.7. The average Bonchev–Trinajstić information content (AvgIpc) is 2.77. The number of hydrogen-bond acceptors (Lipinski definition) is 6. The molecule has 2 aromatic carbocycles. The van der Waals surface area contributed by atoms with Crippen molar-refractivity contribution in [2.24, 2.45) is 11.3 Å². The number of esters is 1. The van der Waals surface area contributed by atoms with Crippen molar-refractivity contribution < 1.29 is 27.5 Å². The van der Waals surface area contributed by atoms with Crippen LogP contribution in [0.25, 0.3) is 0 Å². The molecular weight excluding hydrogens is 517 g/mol. The molecule has 0 aromatic heterocycles. The van der Waals surface area contributed by atoms with E-state index in [9.17, 15) is 22.8 Å². The van der Waals surface area contributed by atoms with E-state index in [1.165, 1.54) is 17.7 Å². The normalized spacial score (nSPS) is 12.5.